The molecule has 1 heterocycles. The first-order valence-corrected chi connectivity index (χ1v) is 7.42. The van der Waals surface area contributed by atoms with E-state index in [1.165, 1.54) is 18.4 Å². The van der Waals surface area contributed by atoms with Gasteiger partial charge in [0.1, 0.15) is 12.4 Å². The molecule has 2 aromatic carbocycles. The van der Waals surface area contributed by atoms with Gasteiger partial charge in [-0.05, 0) is 42.3 Å². The summed E-state index contributed by atoms with van der Waals surface area (Å²) in [6.45, 7) is 2.52. The summed E-state index contributed by atoms with van der Waals surface area (Å²) in [4.78, 5) is 13.7. The number of benzene rings is 2. The lowest BCUT2D eigenvalue weighted by Gasteiger charge is -2.19. The Bertz CT molecular complexity index is 652. The standard InChI is InChI=1S/C18H19NO3/c1-21-18(20)15-6-8-16(9-7-15)22-13-12-19-11-10-14-4-2-3-5-17(14)19/h2-9H,10-13H2,1H3. The van der Waals surface area contributed by atoms with Gasteiger partial charge in [0.05, 0.1) is 19.2 Å². The van der Waals surface area contributed by atoms with Crippen LogP contribution in [0.25, 0.3) is 0 Å². The highest BCUT2D eigenvalue weighted by molar-refractivity contribution is 5.89. The molecular formula is C18H19NO3. The summed E-state index contributed by atoms with van der Waals surface area (Å²) in [6, 6.07) is 15.5. The molecule has 0 unspecified atom stereocenters. The zero-order chi connectivity index (χ0) is 15.4. The second kappa shape index (κ2) is 6.52. The Morgan fingerprint density at radius 1 is 1.14 bits per heavy atom. The SMILES string of the molecule is COC(=O)c1ccc(OCCN2CCc3ccccc32)cc1. The molecule has 0 radical (unpaired) electrons. The fraction of sp³-hybridized carbons (Fsp3) is 0.278. The first-order valence-electron chi connectivity index (χ1n) is 7.42. The van der Waals surface area contributed by atoms with Crippen molar-refractivity contribution in [3.63, 3.8) is 0 Å². The maximum atomic E-state index is 11.4. The maximum Gasteiger partial charge on any atom is 0.337 e. The second-order valence-electron chi connectivity index (χ2n) is 5.23. The van der Waals surface area contributed by atoms with Crippen molar-refractivity contribution in [3.8, 4) is 5.75 Å². The van der Waals surface area contributed by atoms with E-state index in [0.29, 0.717) is 12.2 Å². The van der Waals surface area contributed by atoms with E-state index >= 15 is 0 Å². The molecular weight excluding hydrogens is 278 g/mol. The van der Waals surface area contributed by atoms with Crippen LogP contribution in [0.1, 0.15) is 15.9 Å². The van der Waals surface area contributed by atoms with Gasteiger partial charge in [0.15, 0.2) is 0 Å². The predicted octanol–water partition coefficient (Wildman–Crippen LogP) is 2.91. The molecule has 0 saturated heterocycles. The minimum Gasteiger partial charge on any atom is -0.492 e. The zero-order valence-electron chi connectivity index (χ0n) is 12.6. The minimum atomic E-state index is -0.333. The molecule has 0 aliphatic carbocycles. The van der Waals surface area contributed by atoms with E-state index in [1.54, 1.807) is 24.3 Å². The Labute approximate surface area is 130 Å². The molecule has 1 aliphatic rings. The number of rotatable bonds is 5. The largest absolute Gasteiger partial charge is 0.492 e. The molecule has 0 saturated carbocycles. The number of fused-ring (bicyclic) bond motifs is 1. The second-order valence-corrected chi connectivity index (χ2v) is 5.23. The Hall–Kier alpha value is -2.49. The highest BCUT2D eigenvalue weighted by atomic mass is 16.5. The highest BCUT2D eigenvalue weighted by Gasteiger charge is 2.17. The smallest absolute Gasteiger partial charge is 0.337 e. The van der Waals surface area contributed by atoms with Crippen LogP contribution in [0.3, 0.4) is 0 Å². The van der Waals surface area contributed by atoms with Crippen LogP contribution in [0.4, 0.5) is 5.69 Å². The average Bonchev–Trinajstić information content (AvgIpc) is 2.98. The number of hydrogen-bond donors (Lipinski definition) is 0. The minimum absolute atomic E-state index is 0.333. The lowest BCUT2D eigenvalue weighted by atomic mass is 10.2. The number of para-hydroxylation sites is 1. The molecule has 1 aliphatic heterocycles. The molecule has 0 amide bonds. The Morgan fingerprint density at radius 2 is 1.91 bits per heavy atom. The zero-order valence-corrected chi connectivity index (χ0v) is 12.6. The number of nitrogens with zero attached hydrogens (tertiary/aromatic N) is 1. The van der Waals surface area contributed by atoms with E-state index in [2.05, 4.69) is 33.9 Å². The van der Waals surface area contributed by atoms with Crippen LogP contribution in [0, 0.1) is 0 Å². The van der Waals surface area contributed by atoms with Gasteiger partial charge in [-0.25, -0.2) is 4.79 Å². The summed E-state index contributed by atoms with van der Waals surface area (Å²) in [7, 11) is 1.38. The molecule has 0 atom stereocenters. The van der Waals surface area contributed by atoms with E-state index < -0.39 is 0 Å². The van der Waals surface area contributed by atoms with Crippen LogP contribution in [-0.2, 0) is 11.2 Å². The predicted molar refractivity (Wildman–Crippen MR) is 85.6 cm³/mol. The molecule has 4 nitrogen and oxygen atoms in total. The normalized spacial score (nSPS) is 12.9. The number of esters is 1. The quantitative estimate of drug-likeness (QED) is 0.795. The third-order valence-electron chi connectivity index (χ3n) is 3.89. The van der Waals surface area contributed by atoms with Crippen LogP contribution >= 0.6 is 0 Å². The van der Waals surface area contributed by atoms with Gasteiger partial charge in [-0.15, -0.1) is 0 Å². The van der Waals surface area contributed by atoms with Crippen LogP contribution in [-0.4, -0.2) is 32.8 Å². The monoisotopic (exact) mass is 297 g/mol. The van der Waals surface area contributed by atoms with E-state index in [-0.39, 0.29) is 5.97 Å². The van der Waals surface area contributed by atoms with E-state index in [9.17, 15) is 4.79 Å². The van der Waals surface area contributed by atoms with Gasteiger partial charge in [-0.1, -0.05) is 18.2 Å². The first-order chi connectivity index (χ1) is 10.8. The van der Waals surface area contributed by atoms with Gasteiger partial charge in [-0.2, -0.15) is 0 Å². The molecule has 0 spiro atoms. The Kier molecular flexibility index (Phi) is 4.28. The number of methoxy groups -OCH3 is 1. The van der Waals surface area contributed by atoms with Gasteiger partial charge >= 0.3 is 5.97 Å². The summed E-state index contributed by atoms with van der Waals surface area (Å²) < 4.78 is 10.4. The number of hydrogen-bond acceptors (Lipinski definition) is 4. The summed E-state index contributed by atoms with van der Waals surface area (Å²) in [5.74, 6) is 0.431. The number of anilines is 1. The van der Waals surface area contributed by atoms with Crippen molar-refractivity contribution in [3.05, 3.63) is 59.7 Å². The van der Waals surface area contributed by atoms with Crippen molar-refractivity contribution in [1.29, 1.82) is 0 Å². The van der Waals surface area contributed by atoms with Gasteiger partial charge in [0.2, 0.25) is 0 Å². The summed E-state index contributed by atoms with van der Waals surface area (Å²) in [5.41, 5.74) is 3.25. The maximum absolute atomic E-state index is 11.4. The molecule has 0 fully saturated rings. The molecule has 3 rings (SSSR count). The number of carbonyl (C=O) groups excluding carboxylic acids is 1. The van der Waals surface area contributed by atoms with Crippen molar-refractivity contribution >= 4 is 11.7 Å². The van der Waals surface area contributed by atoms with E-state index in [0.717, 1.165) is 25.3 Å². The molecule has 114 valence electrons. The fourth-order valence-electron chi connectivity index (χ4n) is 2.72. The van der Waals surface area contributed by atoms with Crippen molar-refractivity contribution in [1.82, 2.24) is 0 Å². The summed E-state index contributed by atoms with van der Waals surface area (Å²) in [5, 5.41) is 0. The molecule has 0 N–H and O–H groups in total. The van der Waals surface area contributed by atoms with Gasteiger partial charge in [0, 0.05) is 12.2 Å². The van der Waals surface area contributed by atoms with Crippen molar-refractivity contribution in [2.45, 2.75) is 6.42 Å². The van der Waals surface area contributed by atoms with Crippen molar-refractivity contribution in [2.24, 2.45) is 0 Å². The fourth-order valence-corrected chi connectivity index (χ4v) is 2.72. The molecule has 0 bridgehead atoms. The number of ether oxygens (including phenoxy) is 2. The topological polar surface area (TPSA) is 38.8 Å². The highest BCUT2D eigenvalue weighted by Crippen LogP contribution is 2.26. The van der Waals surface area contributed by atoms with Gasteiger partial charge in [-0.3, -0.25) is 0 Å². The Balaban J connectivity index is 1.53. The van der Waals surface area contributed by atoms with Gasteiger partial charge < -0.3 is 14.4 Å². The van der Waals surface area contributed by atoms with E-state index in [1.807, 2.05) is 0 Å². The van der Waals surface area contributed by atoms with Gasteiger partial charge in [0.25, 0.3) is 0 Å². The van der Waals surface area contributed by atoms with Crippen LogP contribution in [0.2, 0.25) is 0 Å². The molecule has 0 aromatic heterocycles. The van der Waals surface area contributed by atoms with Crippen LogP contribution in [0.15, 0.2) is 48.5 Å². The van der Waals surface area contributed by atoms with Crippen LogP contribution < -0.4 is 9.64 Å². The van der Waals surface area contributed by atoms with Crippen LogP contribution in [0.5, 0.6) is 5.75 Å². The molecule has 22 heavy (non-hydrogen) atoms. The van der Waals surface area contributed by atoms with E-state index in [4.69, 9.17) is 4.74 Å². The van der Waals surface area contributed by atoms with Crippen molar-refractivity contribution in [2.75, 3.05) is 31.7 Å². The lowest BCUT2D eigenvalue weighted by molar-refractivity contribution is 0.0600. The summed E-state index contributed by atoms with van der Waals surface area (Å²) in [6.07, 6.45) is 1.10. The molecule has 4 heteroatoms. The first kappa shape index (κ1) is 14.4. The number of carbonyl (C=O) groups is 1. The third kappa shape index (κ3) is 3.06. The average molecular weight is 297 g/mol. The summed E-state index contributed by atoms with van der Waals surface area (Å²) >= 11 is 0. The Morgan fingerprint density at radius 3 is 2.68 bits per heavy atom. The lowest BCUT2D eigenvalue weighted by Crippen LogP contribution is -2.26. The van der Waals surface area contributed by atoms with Crippen molar-refractivity contribution < 1.29 is 14.3 Å². The third-order valence-corrected chi connectivity index (χ3v) is 3.89. The molecule has 2 aromatic rings.